The van der Waals surface area contributed by atoms with Crippen LogP contribution in [0.2, 0.25) is 0 Å². The third kappa shape index (κ3) is 3.79. The highest BCUT2D eigenvalue weighted by Gasteiger charge is 2.29. The molecule has 2 rings (SSSR count). The van der Waals surface area contributed by atoms with Gasteiger partial charge < -0.3 is 5.32 Å². The highest BCUT2D eigenvalue weighted by atomic mass is 79.9. The van der Waals surface area contributed by atoms with Crippen LogP contribution in [0, 0.1) is 0 Å². The van der Waals surface area contributed by atoms with Crippen molar-refractivity contribution in [2.24, 2.45) is 0 Å². The van der Waals surface area contributed by atoms with E-state index in [2.05, 4.69) is 21.2 Å². The normalized spacial score (nSPS) is 24.9. The van der Waals surface area contributed by atoms with Crippen molar-refractivity contribution in [3.8, 4) is 0 Å². The molecule has 6 heteroatoms. The smallest absolute Gasteiger partial charge is 0.259 e. The van der Waals surface area contributed by atoms with Gasteiger partial charge in [0.25, 0.3) is 5.91 Å². The Hall–Kier alpha value is -0.620. The van der Waals surface area contributed by atoms with Crippen LogP contribution in [0.25, 0.3) is 0 Å². The predicted molar refractivity (Wildman–Crippen MR) is 58.3 cm³/mol. The standard InChI is InChI=1S/C5H8BrNO2.C4H7NO/c1-9-7-3-2-4(6)5(7)8;6-4-2-1-3-5-4/h4H,2-3H2,1H3;1-3H2,(H,5,6). The van der Waals surface area contributed by atoms with Crippen LogP contribution in [0.3, 0.4) is 0 Å². The lowest BCUT2D eigenvalue weighted by Gasteiger charge is -2.10. The second kappa shape index (κ2) is 6.07. The van der Waals surface area contributed by atoms with E-state index in [1.165, 1.54) is 12.2 Å². The van der Waals surface area contributed by atoms with Crippen LogP contribution < -0.4 is 5.32 Å². The Bertz CT molecular complexity index is 240. The maximum atomic E-state index is 10.9. The minimum Gasteiger partial charge on any atom is -0.356 e. The molecule has 0 radical (unpaired) electrons. The maximum Gasteiger partial charge on any atom is 0.259 e. The van der Waals surface area contributed by atoms with Crippen LogP contribution in [0.4, 0.5) is 0 Å². The average molecular weight is 279 g/mol. The van der Waals surface area contributed by atoms with Crippen molar-refractivity contribution < 1.29 is 14.4 Å². The minimum absolute atomic E-state index is 0.0255. The van der Waals surface area contributed by atoms with E-state index < -0.39 is 0 Å². The number of amides is 2. The fraction of sp³-hybridized carbons (Fsp3) is 0.778. The number of nitrogens with one attached hydrogen (secondary N) is 1. The number of alkyl halides is 1. The lowest BCUT2D eigenvalue weighted by molar-refractivity contribution is -0.166. The zero-order valence-electron chi connectivity index (χ0n) is 8.66. The van der Waals surface area contributed by atoms with Crippen LogP contribution in [0.15, 0.2) is 0 Å². The summed E-state index contributed by atoms with van der Waals surface area (Å²) >= 11 is 3.21. The van der Waals surface area contributed by atoms with Gasteiger partial charge in [0.2, 0.25) is 5.91 Å². The molecule has 0 aliphatic carbocycles. The van der Waals surface area contributed by atoms with E-state index in [-0.39, 0.29) is 16.6 Å². The first-order chi connectivity index (χ1) is 7.15. The quantitative estimate of drug-likeness (QED) is 0.709. The summed E-state index contributed by atoms with van der Waals surface area (Å²) in [5.41, 5.74) is 0. The third-order valence-corrected chi connectivity index (χ3v) is 3.07. The van der Waals surface area contributed by atoms with Gasteiger partial charge in [0.15, 0.2) is 0 Å². The predicted octanol–water partition coefficient (Wildman–Crippen LogP) is 0.440. The fourth-order valence-corrected chi connectivity index (χ4v) is 1.80. The Morgan fingerprint density at radius 2 is 2.27 bits per heavy atom. The molecule has 0 aromatic rings. The van der Waals surface area contributed by atoms with E-state index in [9.17, 15) is 9.59 Å². The maximum absolute atomic E-state index is 10.9. The van der Waals surface area contributed by atoms with Gasteiger partial charge in [-0.1, -0.05) is 15.9 Å². The fourth-order valence-electron chi connectivity index (χ4n) is 1.37. The molecule has 0 saturated carbocycles. The molecule has 2 saturated heterocycles. The molecule has 2 heterocycles. The molecule has 0 aromatic heterocycles. The lowest BCUT2D eigenvalue weighted by atomic mass is 10.4. The van der Waals surface area contributed by atoms with Crippen molar-refractivity contribution in [1.29, 1.82) is 0 Å². The first kappa shape index (κ1) is 12.4. The third-order valence-electron chi connectivity index (χ3n) is 2.22. The summed E-state index contributed by atoms with van der Waals surface area (Å²) in [7, 11) is 1.50. The van der Waals surface area contributed by atoms with Crippen LogP contribution in [0.5, 0.6) is 0 Å². The monoisotopic (exact) mass is 278 g/mol. The average Bonchev–Trinajstić information content (AvgIpc) is 2.80. The zero-order valence-corrected chi connectivity index (χ0v) is 10.2. The van der Waals surface area contributed by atoms with Gasteiger partial charge in [-0.3, -0.25) is 14.4 Å². The van der Waals surface area contributed by atoms with E-state index in [1.807, 2.05) is 0 Å². The van der Waals surface area contributed by atoms with Crippen molar-refractivity contribution in [1.82, 2.24) is 10.4 Å². The van der Waals surface area contributed by atoms with E-state index >= 15 is 0 Å². The van der Waals surface area contributed by atoms with Gasteiger partial charge in [-0.2, -0.15) is 0 Å². The van der Waals surface area contributed by atoms with Gasteiger partial charge in [-0.05, 0) is 12.8 Å². The highest BCUT2D eigenvalue weighted by Crippen LogP contribution is 2.17. The SMILES string of the molecule is CON1CCC(Br)C1=O.O=C1CCCN1. The van der Waals surface area contributed by atoms with Gasteiger partial charge in [0.1, 0.15) is 0 Å². The molecule has 1 unspecified atom stereocenters. The molecule has 0 aromatic carbocycles. The summed E-state index contributed by atoms with van der Waals surface area (Å²) in [5, 5.41) is 4.04. The molecule has 2 fully saturated rings. The van der Waals surface area contributed by atoms with Crippen molar-refractivity contribution in [2.45, 2.75) is 24.1 Å². The summed E-state index contributed by atoms with van der Waals surface area (Å²) in [6, 6.07) is 0. The highest BCUT2D eigenvalue weighted by molar-refractivity contribution is 9.10. The number of carbonyl (C=O) groups is 2. The van der Waals surface area contributed by atoms with Crippen LogP contribution in [0.1, 0.15) is 19.3 Å². The van der Waals surface area contributed by atoms with Gasteiger partial charge in [0.05, 0.1) is 18.5 Å². The van der Waals surface area contributed by atoms with Crippen molar-refractivity contribution in [3.63, 3.8) is 0 Å². The van der Waals surface area contributed by atoms with Gasteiger partial charge >= 0.3 is 0 Å². The summed E-state index contributed by atoms with van der Waals surface area (Å²) in [6.07, 6.45) is 2.60. The number of rotatable bonds is 1. The van der Waals surface area contributed by atoms with Crippen LogP contribution in [-0.2, 0) is 14.4 Å². The molecule has 0 bridgehead atoms. The molecule has 2 aliphatic heterocycles. The Morgan fingerprint density at radius 1 is 1.53 bits per heavy atom. The largest absolute Gasteiger partial charge is 0.356 e. The van der Waals surface area contributed by atoms with E-state index in [4.69, 9.17) is 4.84 Å². The van der Waals surface area contributed by atoms with Gasteiger partial charge in [0, 0.05) is 13.0 Å². The first-order valence-electron chi connectivity index (χ1n) is 4.91. The molecule has 5 nitrogen and oxygen atoms in total. The minimum atomic E-state index is -0.0301. The lowest BCUT2D eigenvalue weighted by Crippen LogP contribution is -2.25. The summed E-state index contributed by atoms with van der Waals surface area (Å²) < 4.78 is 0. The number of carbonyl (C=O) groups excluding carboxylic acids is 2. The van der Waals surface area contributed by atoms with E-state index in [0.29, 0.717) is 6.54 Å². The zero-order chi connectivity index (χ0) is 11.3. The van der Waals surface area contributed by atoms with Crippen molar-refractivity contribution in [2.75, 3.05) is 20.2 Å². The number of hydrogen-bond donors (Lipinski definition) is 1. The van der Waals surface area contributed by atoms with Crippen molar-refractivity contribution >= 4 is 27.7 Å². The van der Waals surface area contributed by atoms with Crippen molar-refractivity contribution in [3.05, 3.63) is 0 Å². The van der Waals surface area contributed by atoms with E-state index in [1.54, 1.807) is 0 Å². The summed E-state index contributed by atoms with van der Waals surface area (Å²) in [5.74, 6) is 0.229. The molecular weight excluding hydrogens is 264 g/mol. The Morgan fingerprint density at radius 3 is 2.47 bits per heavy atom. The molecule has 2 aliphatic rings. The topological polar surface area (TPSA) is 58.6 Å². The Labute approximate surface area is 97.2 Å². The number of hydroxylamine groups is 2. The van der Waals surface area contributed by atoms with Crippen LogP contribution >= 0.6 is 15.9 Å². The molecule has 1 N–H and O–H groups in total. The van der Waals surface area contributed by atoms with Gasteiger partial charge in [-0.25, -0.2) is 5.06 Å². The van der Waals surface area contributed by atoms with E-state index in [0.717, 1.165) is 25.8 Å². The second-order valence-corrected chi connectivity index (χ2v) is 4.44. The number of halogens is 1. The molecule has 0 spiro atoms. The number of nitrogens with zero attached hydrogens (tertiary/aromatic N) is 1. The molecule has 86 valence electrons. The molecular formula is C9H15BrN2O3. The second-order valence-electron chi connectivity index (χ2n) is 3.33. The molecule has 15 heavy (non-hydrogen) atoms. The summed E-state index contributed by atoms with van der Waals surface area (Å²) in [4.78, 5) is 25.7. The molecule has 2 amide bonds. The van der Waals surface area contributed by atoms with Gasteiger partial charge in [-0.15, -0.1) is 0 Å². The Balaban J connectivity index is 0.000000162. The summed E-state index contributed by atoms with van der Waals surface area (Å²) in [6.45, 7) is 1.59. The molecule has 1 atom stereocenters. The Kier molecular flexibility index (Phi) is 5.04. The first-order valence-corrected chi connectivity index (χ1v) is 5.83. The van der Waals surface area contributed by atoms with Crippen LogP contribution in [-0.4, -0.2) is 41.9 Å². The number of hydrogen-bond acceptors (Lipinski definition) is 3.